The maximum absolute atomic E-state index is 11.1. The zero-order valence-electron chi connectivity index (χ0n) is 5.16. The quantitative estimate of drug-likeness (QED) is 0.458. The van der Waals surface area contributed by atoms with Gasteiger partial charge in [0.1, 0.15) is 0 Å². The molecule has 1 N–H and O–H groups in total. The van der Waals surface area contributed by atoms with Crippen LogP contribution in [0.25, 0.3) is 5.53 Å². The molecule has 2 bridgehead atoms. The second-order valence-electron chi connectivity index (χ2n) is 3.25. The molecule has 1 spiro atoms. The van der Waals surface area contributed by atoms with Gasteiger partial charge in [0.15, 0.2) is 0 Å². The molecule has 2 aliphatic carbocycles. The molecule has 2 saturated heterocycles. The Morgan fingerprint density at radius 2 is 2.50 bits per heavy atom. The minimum atomic E-state index is -0.582. The molecule has 0 aromatic carbocycles. The van der Waals surface area contributed by atoms with Crippen LogP contribution in [-0.4, -0.2) is 27.8 Å². The molecular formula is C6H5N3O. The van der Waals surface area contributed by atoms with E-state index >= 15 is 0 Å². The number of carbonyl (C=O) groups excluding carboxylic acids is 1. The van der Waals surface area contributed by atoms with Crippen molar-refractivity contribution in [3.63, 3.8) is 0 Å². The summed E-state index contributed by atoms with van der Waals surface area (Å²) in [7, 11) is 0. The summed E-state index contributed by atoms with van der Waals surface area (Å²) in [5.74, 6) is 0.125. The first-order chi connectivity index (χ1) is 4.69. The summed E-state index contributed by atoms with van der Waals surface area (Å²) in [5, 5.41) is 7.38. The predicted molar refractivity (Wildman–Crippen MR) is 31.0 cm³/mol. The van der Waals surface area contributed by atoms with Crippen LogP contribution >= 0.6 is 0 Å². The van der Waals surface area contributed by atoms with Gasteiger partial charge in [-0.15, -0.1) is 0 Å². The molecular weight excluding hydrogens is 130 g/mol. The van der Waals surface area contributed by atoms with Crippen LogP contribution in [0.2, 0.25) is 0 Å². The van der Waals surface area contributed by atoms with Gasteiger partial charge in [0.25, 0.3) is 5.78 Å². The zero-order chi connectivity index (χ0) is 7.09. The van der Waals surface area contributed by atoms with Crippen molar-refractivity contribution in [3.05, 3.63) is 5.53 Å². The van der Waals surface area contributed by atoms with Gasteiger partial charge in [-0.2, -0.15) is 0 Å². The molecule has 50 valence electrons. The van der Waals surface area contributed by atoms with Gasteiger partial charge in [-0.3, -0.25) is 9.49 Å². The van der Waals surface area contributed by atoms with Gasteiger partial charge in [0.2, 0.25) is 11.6 Å². The van der Waals surface area contributed by atoms with E-state index in [9.17, 15) is 4.79 Å². The Kier molecular flexibility index (Phi) is 0.411. The SMILES string of the molecule is [N-]=[N+]1C2C(=N)C3CC31C2=O. The van der Waals surface area contributed by atoms with Gasteiger partial charge >= 0.3 is 0 Å². The molecule has 10 heavy (non-hydrogen) atoms. The molecule has 3 atom stereocenters. The van der Waals surface area contributed by atoms with Gasteiger partial charge in [-0.25, -0.2) is 0 Å². The third-order valence-corrected chi connectivity index (χ3v) is 2.93. The third-order valence-electron chi connectivity index (χ3n) is 2.93. The van der Waals surface area contributed by atoms with E-state index in [1.807, 2.05) is 0 Å². The number of rotatable bonds is 0. The minimum Gasteiger partial charge on any atom is -0.505 e. The van der Waals surface area contributed by atoms with E-state index in [1.54, 1.807) is 0 Å². The molecule has 2 heterocycles. The summed E-state index contributed by atoms with van der Waals surface area (Å²) >= 11 is 0. The average Bonchev–Trinajstić information content (AvgIpc) is 2.56. The van der Waals surface area contributed by atoms with Crippen LogP contribution in [0, 0.1) is 11.3 Å². The predicted octanol–water partition coefficient (Wildman–Crippen LogP) is -0.236. The maximum Gasteiger partial charge on any atom is 0.275 e. The first-order valence-corrected chi connectivity index (χ1v) is 3.30. The molecule has 3 unspecified atom stereocenters. The highest BCUT2D eigenvalue weighted by molar-refractivity contribution is 6.25. The Hall–Kier alpha value is -1.06. The molecule has 4 rings (SSSR count). The van der Waals surface area contributed by atoms with Crippen LogP contribution in [0.4, 0.5) is 0 Å². The highest BCUT2D eigenvalue weighted by atomic mass is 16.1. The summed E-state index contributed by atoms with van der Waals surface area (Å²) < 4.78 is 1.06. The van der Waals surface area contributed by atoms with Crippen LogP contribution < -0.4 is 0 Å². The Morgan fingerprint density at radius 1 is 1.80 bits per heavy atom. The molecule has 0 radical (unpaired) electrons. The fraction of sp³-hybridized carbons (Fsp3) is 0.667. The van der Waals surface area contributed by atoms with Crippen molar-refractivity contribution in [1.29, 1.82) is 5.41 Å². The maximum atomic E-state index is 11.1. The van der Waals surface area contributed by atoms with Crippen molar-refractivity contribution in [1.82, 2.24) is 0 Å². The van der Waals surface area contributed by atoms with Gasteiger partial charge in [0, 0.05) is 6.42 Å². The molecule has 4 nitrogen and oxygen atoms in total. The Labute approximate surface area is 56.8 Å². The molecule has 0 aromatic rings. The first-order valence-electron chi connectivity index (χ1n) is 3.30. The van der Waals surface area contributed by atoms with Crippen LogP contribution in [0.3, 0.4) is 0 Å². The highest BCUT2D eigenvalue weighted by Crippen LogP contribution is 2.62. The fourth-order valence-electron chi connectivity index (χ4n) is 2.23. The monoisotopic (exact) mass is 135 g/mol. The molecule has 4 fully saturated rings. The largest absolute Gasteiger partial charge is 0.505 e. The normalized spacial score (nSPS) is 54.6. The number of ketones is 1. The smallest absolute Gasteiger partial charge is 0.275 e. The summed E-state index contributed by atoms with van der Waals surface area (Å²) in [6.45, 7) is 0. The third kappa shape index (κ3) is 0.190. The Bertz CT molecular complexity index is 279. The van der Waals surface area contributed by atoms with Gasteiger partial charge in [-0.1, -0.05) is 0 Å². The second-order valence-corrected chi connectivity index (χ2v) is 3.25. The van der Waals surface area contributed by atoms with Crippen LogP contribution in [0.5, 0.6) is 0 Å². The van der Waals surface area contributed by atoms with E-state index in [2.05, 4.69) is 0 Å². The lowest BCUT2D eigenvalue weighted by Crippen LogP contribution is -2.57. The van der Waals surface area contributed by atoms with Crippen molar-refractivity contribution in [2.24, 2.45) is 5.92 Å². The Balaban J connectivity index is 2.30. The Morgan fingerprint density at radius 3 is 2.60 bits per heavy atom. The summed E-state index contributed by atoms with van der Waals surface area (Å²) in [6, 6.07) is -0.557. The summed E-state index contributed by atoms with van der Waals surface area (Å²) in [5.41, 5.74) is 9.00. The molecule has 4 heteroatoms. The van der Waals surface area contributed by atoms with E-state index in [4.69, 9.17) is 10.9 Å². The average molecular weight is 135 g/mol. The lowest BCUT2D eigenvalue weighted by atomic mass is 9.97. The molecule has 4 aliphatic rings. The molecule has 0 amide bonds. The van der Waals surface area contributed by atoms with Crippen molar-refractivity contribution >= 4 is 11.5 Å². The minimum absolute atomic E-state index is 0.0602. The topological polar surface area (TPSA) is 66.2 Å². The lowest BCUT2D eigenvalue weighted by molar-refractivity contribution is -0.624. The first kappa shape index (κ1) is 4.71. The molecule has 0 aromatic heterocycles. The summed E-state index contributed by atoms with van der Waals surface area (Å²) in [6.07, 6.45) is 0.678. The molecule has 2 aliphatic heterocycles. The number of piperidine rings is 1. The van der Waals surface area contributed by atoms with Crippen LogP contribution in [0.1, 0.15) is 6.42 Å². The number of hydrogen-bond donors (Lipinski definition) is 1. The van der Waals surface area contributed by atoms with Gasteiger partial charge in [-0.05, 0) is 0 Å². The van der Waals surface area contributed by atoms with Crippen molar-refractivity contribution in [2.75, 3.05) is 0 Å². The van der Waals surface area contributed by atoms with Crippen molar-refractivity contribution in [3.8, 4) is 0 Å². The van der Waals surface area contributed by atoms with Crippen LogP contribution in [-0.2, 0) is 4.79 Å². The molecule has 2 saturated carbocycles. The van der Waals surface area contributed by atoms with E-state index in [0.717, 1.165) is 4.70 Å². The second kappa shape index (κ2) is 0.872. The number of carbonyl (C=O) groups is 1. The standard InChI is InChI=1S/C6H5N3O/c7-3-2-1-6(2)5(10)4(3)9(6)8/h2,4,7H,1H2. The van der Waals surface area contributed by atoms with Crippen molar-refractivity contribution in [2.45, 2.75) is 18.0 Å². The number of nitrogens with zero attached hydrogens (tertiary/aromatic N) is 2. The number of Topliss-reactive ketones (excluding diaryl/α,β-unsaturated/α-hetero) is 1. The van der Waals surface area contributed by atoms with E-state index in [-0.39, 0.29) is 11.7 Å². The van der Waals surface area contributed by atoms with E-state index in [0.29, 0.717) is 12.1 Å². The van der Waals surface area contributed by atoms with Crippen molar-refractivity contribution < 1.29 is 9.49 Å². The van der Waals surface area contributed by atoms with Gasteiger partial charge in [0.05, 0.1) is 11.6 Å². The van der Waals surface area contributed by atoms with Gasteiger partial charge < -0.3 is 10.9 Å². The fourth-order valence-corrected chi connectivity index (χ4v) is 2.23. The zero-order valence-corrected chi connectivity index (χ0v) is 5.16. The number of hydrogen-bond acceptors (Lipinski definition) is 2. The van der Waals surface area contributed by atoms with E-state index in [1.165, 1.54) is 0 Å². The number of nitrogens with one attached hydrogen (secondary N) is 1. The lowest BCUT2D eigenvalue weighted by Gasteiger charge is -2.27. The summed E-state index contributed by atoms with van der Waals surface area (Å²) in [4.78, 5) is 11.1. The van der Waals surface area contributed by atoms with Crippen LogP contribution in [0.15, 0.2) is 0 Å². The highest BCUT2D eigenvalue weighted by Gasteiger charge is 2.88. The van der Waals surface area contributed by atoms with E-state index < -0.39 is 11.6 Å².